The van der Waals surface area contributed by atoms with Gasteiger partial charge in [0.05, 0.1) is 0 Å². The molecule has 2 N–H and O–H groups in total. The van der Waals surface area contributed by atoms with Gasteiger partial charge in [-0.2, -0.15) is 0 Å². The third-order valence-electron chi connectivity index (χ3n) is 3.93. The Hall–Kier alpha value is -3.48. The highest BCUT2D eigenvalue weighted by Crippen LogP contribution is 2.19. The SMILES string of the molecule is Cc1ccc(C(=O)NCCNC(=O)c2cc(-c3ccccc3)on2)cc1F. The number of amides is 2. The summed E-state index contributed by atoms with van der Waals surface area (Å²) < 4.78 is 18.7. The fourth-order valence-corrected chi connectivity index (χ4v) is 2.40. The molecule has 3 aromatic rings. The van der Waals surface area contributed by atoms with Crippen molar-refractivity contribution < 1.29 is 18.5 Å². The highest BCUT2D eigenvalue weighted by atomic mass is 19.1. The quantitative estimate of drug-likeness (QED) is 0.656. The van der Waals surface area contributed by atoms with E-state index in [-0.39, 0.29) is 24.3 Å². The van der Waals surface area contributed by atoms with Crippen LogP contribution in [0.25, 0.3) is 11.3 Å². The van der Waals surface area contributed by atoms with Crippen LogP contribution in [-0.4, -0.2) is 30.1 Å². The molecule has 6 nitrogen and oxygen atoms in total. The normalized spacial score (nSPS) is 10.4. The lowest BCUT2D eigenvalue weighted by Gasteiger charge is -2.07. The Bertz CT molecular complexity index is 954. The number of aromatic nitrogens is 1. The Morgan fingerprint density at radius 2 is 1.70 bits per heavy atom. The highest BCUT2D eigenvalue weighted by Gasteiger charge is 2.13. The van der Waals surface area contributed by atoms with Crippen LogP contribution in [0.15, 0.2) is 59.1 Å². The van der Waals surface area contributed by atoms with Gasteiger partial charge in [0, 0.05) is 30.3 Å². The zero-order chi connectivity index (χ0) is 19.2. The van der Waals surface area contributed by atoms with Gasteiger partial charge in [0.1, 0.15) is 5.82 Å². The number of aryl methyl sites for hydroxylation is 1. The van der Waals surface area contributed by atoms with E-state index in [2.05, 4.69) is 15.8 Å². The van der Waals surface area contributed by atoms with E-state index in [0.29, 0.717) is 11.3 Å². The Kier molecular flexibility index (Phi) is 5.61. The summed E-state index contributed by atoms with van der Waals surface area (Å²) in [5, 5.41) is 9.02. The molecule has 0 bridgehead atoms. The first-order chi connectivity index (χ1) is 13.0. The zero-order valence-corrected chi connectivity index (χ0v) is 14.7. The summed E-state index contributed by atoms with van der Waals surface area (Å²) in [5.41, 5.74) is 1.68. The van der Waals surface area contributed by atoms with Crippen LogP contribution in [0.3, 0.4) is 0 Å². The fourth-order valence-electron chi connectivity index (χ4n) is 2.40. The van der Waals surface area contributed by atoms with E-state index in [1.165, 1.54) is 6.07 Å². The molecular formula is C20H18FN3O3. The number of rotatable bonds is 6. The number of nitrogens with zero attached hydrogens (tertiary/aromatic N) is 1. The smallest absolute Gasteiger partial charge is 0.273 e. The number of hydrogen-bond donors (Lipinski definition) is 2. The topological polar surface area (TPSA) is 84.2 Å². The van der Waals surface area contributed by atoms with Gasteiger partial charge >= 0.3 is 0 Å². The lowest BCUT2D eigenvalue weighted by atomic mass is 10.1. The van der Waals surface area contributed by atoms with Crippen LogP contribution in [0.2, 0.25) is 0 Å². The molecule has 3 rings (SSSR count). The van der Waals surface area contributed by atoms with Crippen molar-refractivity contribution in [3.8, 4) is 11.3 Å². The van der Waals surface area contributed by atoms with Gasteiger partial charge in [-0.3, -0.25) is 9.59 Å². The molecule has 0 saturated heterocycles. The van der Waals surface area contributed by atoms with Crippen molar-refractivity contribution in [2.75, 3.05) is 13.1 Å². The first-order valence-electron chi connectivity index (χ1n) is 8.39. The molecule has 0 aliphatic rings. The molecule has 0 fully saturated rings. The molecule has 7 heteroatoms. The maximum absolute atomic E-state index is 13.5. The molecule has 0 atom stereocenters. The van der Waals surface area contributed by atoms with Crippen LogP contribution in [0.5, 0.6) is 0 Å². The van der Waals surface area contributed by atoms with E-state index in [9.17, 15) is 14.0 Å². The molecular weight excluding hydrogens is 349 g/mol. The minimum Gasteiger partial charge on any atom is -0.355 e. The number of halogens is 1. The molecule has 0 saturated carbocycles. The summed E-state index contributed by atoms with van der Waals surface area (Å²) in [4.78, 5) is 24.1. The van der Waals surface area contributed by atoms with Gasteiger partial charge in [-0.05, 0) is 24.6 Å². The van der Waals surface area contributed by atoms with Crippen molar-refractivity contribution in [1.82, 2.24) is 15.8 Å². The van der Waals surface area contributed by atoms with Gasteiger partial charge in [0.15, 0.2) is 11.5 Å². The third kappa shape index (κ3) is 4.58. The summed E-state index contributed by atoms with van der Waals surface area (Å²) in [6.45, 7) is 2.02. The van der Waals surface area contributed by atoms with Crippen molar-refractivity contribution in [3.63, 3.8) is 0 Å². The predicted molar refractivity (Wildman–Crippen MR) is 97.7 cm³/mol. The number of hydrogen-bond acceptors (Lipinski definition) is 4. The first kappa shape index (κ1) is 18.3. The van der Waals surface area contributed by atoms with Gasteiger partial charge in [0.2, 0.25) is 0 Å². The van der Waals surface area contributed by atoms with E-state index >= 15 is 0 Å². The standard InChI is InChI=1S/C20H18FN3O3/c1-13-7-8-15(11-16(13)21)19(25)22-9-10-23-20(26)17-12-18(27-24-17)14-5-3-2-4-6-14/h2-8,11-12H,9-10H2,1H3,(H,22,25)(H,23,26). The Morgan fingerprint density at radius 1 is 1.00 bits per heavy atom. The molecule has 27 heavy (non-hydrogen) atoms. The van der Waals surface area contributed by atoms with E-state index in [1.807, 2.05) is 30.3 Å². The minimum absolute atomic E-state index is 0.154. The maximum atomic E-state index is 13.5. The van der Waals surface area contributed by atoms with Crippen molar-refractivity contribution >= 4 is 11.8 Å². The molecule has 0 radical (unpaired) electrons. The van der Waals surface area contributed by atoms with E-state index in [0.717, 1.165) is 5.56 Å². The van der Waals surface area contributed by atoms with Gasteiger partial charge in [0.25, 0.3) is 11.8 Å². The molecule has 0 aliphatic carbocycles. The summed E-state index contributed by atoms with van der Waals surface area (Å²) in [6, 6.07) is 15.1. The fraction of sp³-hybridized carbons (Fsp3) is 0.150. The lowest BCUT2D eigenvalue weighted by Crippen LogP contribution is -2.34. The number of carbonyl (C=O) groups excluding carboxylic acids is 2. The van der Waals surface area contributed by atoms with E-state index < -0.39 is 17.6 Å². The van der Waals surface area contributed by atoms with Crippen molar-refractivity contribution in [3.05, 3.63) is 77.2 Å². The number of nitrogens with one attached hydrogen (secondary N) is 2. The maximum Gasteiger partial charge on any atom is 0.273 e. The van der Waals surface area contributed by atoms with Crippen LogP contribution < -0.4 is 10.6 Å². The number of benzene rings is 2. The second kappa shape index (κ2) is 8.27. The van der Waals surface area contributed by atoms with Gasteiger partial charge in [-0.1, -0.05) is 41.6 Å². The van der Waals surface area contributed by atoms with Crippen molar-refractivity contribution in [2.45, 2.75) is 6.92 Å². The molecule has 138 valence electrons. The first-order valence-corrected chi connectivity index (χ1v) is 8.39. The monoisotopic (exact) mass is 367 g/mol. The molecule has 0 spiro atoms. The van der Waals surface area contributed by atoms with Crippen LogP contribution >= 0.6 is 0 Å². The summed E-state index contributed by atoms with van der Waals surface area (Å²) in [5.74, 6) is -0.751. The number of carbonyl (C=O) groups is 2. The molecule has 0 unspecified atom stereocenters. The second-order valence-corrected chi connectivity index (χ2v) is 5.92. The largest absolute Gasteiger partial charge is 0.355 e. The van der Waals surface area contributed by atoms with Gasteiger partial charge < -0.3 is 15.2 Å². The molecule has 1 aromatic heterocycles. The average molecular weight is 367 g/mol. The summed E-state index contributed by atoms with van der Waals surface area (Å²) in [6.07, 6.45) is 0. The molecule has 2 aromatic carbocycles. The van der Waals surface area contributed by atoms with Crippen LogP contribution in [0, 0.1) is 12.7 Å². The third-order valence-corrected chi connectivity index (χ3v) is 3.93. The average Bonchev–Trinajstić information content (AvgIpc) is 3.18. The highest BCUT2D eigenvalue weighted by molar-refractivity contribution is 5.94. The Labute approximate surface area is 155 Å². The molecule has 2 amide bonds. The Balaban J connectivity index is 1.48. The minimum atomic E-state index is -0.434. The van der Waals surface area contributed by atoms with Gasteiger partial charge in [-0.15, -0.1) is 0 Å². The second-order valence-electron chi connectivity index (χ2n) is 5.92. The lowest BCUT2D eigenvalue weighted by molar-refractivity contribution is 0.0922. The van der Waals surface area contributed by atoms with E-state index in [4.69, 9.17) is 4.52 Å². The van der Waals surface area contributed by atoms with Crippen LogP contribution in [0.1, 0.15) is 26.4 Å². The summed E-state index contributed by atoms with van der Waals surface area (Å²) >= 11 is 0. The summed E-state index contributed by atoms with van der Waals surface area (Å²) in [7, 11) is 0. The Morgan fingerprint density at radius 3 is 2.41 bits per heavy atom. The molecule has 1 heterocycles. The predicted octanol–water partition coefficient (Wildman–Crippen LogP) is 2.95. The van der Waals surface area contributed by atoms with Crippen LogP contribution in [-0.2, 0) is 0 Å². The molecule has 0 aliphatic heterocycles. The van der Waals surface area contributed by atoms with Crippen molar-refractivity contribution in [1.29, 1.82) is 0 Å². The van der Waals surface area contributed by atoms with Crippen LogP contribution in [0.4, 0.5) is 4.39 Å². The zero-order valence-electron chi connectivity index (χ0n) is 14.7. The van der Waals surface area contributed by atoms with Gasteiger partial charge in [-0.25, -0.2) is 4.39 Å². The van der Waals surface area contributed by atoms with Crippen molar-refractivity contribution in [2.24, 2.45) is 0 Å². The van der Waals surface area contributed by atoms with E-state index in [1.54, 1.807) is 25.1 Å².